The highest BCUT2D eigenvalue weighted by Crippen LogP contribution is 2.16. The largest absolute Gasteiger partial charge is 0.478 e. The molecule has 0 saturated heterocycles. The van der Waals surface area contributed by atoms with Gasteiger partial charge < -0.3 is 10.4 Å². The number of amides is 1. The molecule has 2 rings (SSSR count). The number of carbonyl (C=O) groups excluding carboxylic acids is 1. The van der Waals surface area contributed by atoms with Crippen molar-refractivity contribution in [2.24, 2.45) is 0 Å². The number of hydrogen-bond acceptors (Lipinski definition) is 3. The maximum Gasteiger partial charge on any atom is 0.338 e. The van der Waals surface area contributed by atoms with E-state index in [1.807, 2.05) is 0 Å². The van der Waals surface area contributed by atoms with Crippen molar-refractivity contribution in [3.8, 4) is 0 Å². The smallest absolute Gasteiger partial charge is 0.338 e. The quantitative estimate of drug-likeness (QED) is 0.901. The van der Waals surface area contributed by atoms with Crippen LogP contribution in [0, 0.1) is 12.7 Å². The molecule has 0 radical (unpaired) electrons. The number of carboxylic acids is 1. The maximum absolute atomic E-state index is 13.2. The molecule has 1 heterocycles. The predicted octanol–water partition coefficient (Wildman–Crippen LogP) is 2.48. The van der Waals surface area contributed by atoms with E-state index in [-0.39, 0.29) is 11.4 Å². The lowest BCUT2D eigenvalue weighted by Gasteiger charge is -2.07. The lowest BCUT2D eigenvalue weighted by molar-refractivity contribution is 0.0691. The summed E-state index contributed by atoms with van der Waals surface area (Å²) in [5, 5.41) is 11.3. The second-order valence-electron chi connectivity index (χ2n) is 4.12. The van der Waals surface area contributed by atoms with E-state index >= 15 is 0 Å². The number of rotatable bonds is 3. The molecule has 0 unspecified atom stereocenters. The molecule has 0 spiro atoms. The van der Waals surface area contributed by atoms with Crippen LogP contribution in [-0.4, -0.2) is 22.0 Å². The number of aromatic carboxylic acids is 1. The van der Waals surface area contributed by atoms with Crippen LogP contribution < -0.4 is 5.32 Å². The number of nitrogens with zero attached hydrogens (tertiary/aromatic N) is 1. The molecule has 0 fully saturated rings. The summed E-state index contributed by atoms with van der Waals surface area (Å²) in [5.74, 6) is -2.73. The topological polar surface area (TPSA) is 79.3 Å². The van der Waals surface area contributed by atoms with Crippen molar-refractivity contribution in [1.29, 1.82) is 0 Å². The van der Waals surface area contributed by atoms with Crippen LogP contribution in [0.3, 0.4) is 0 Å². The van der Waals surface area contributed by atoms with Crippen LogP contribution in [0.25, 0.3) is 0 Å². The zero-order valence-electron chi connectivity index (χ0n) is 10.6. The normalized spacial score (nSPS) is 10.1. The van der Waals surface area contributed by atoms with Crippen LogP contribution in [0.15, 0.2) is 36.5 Å². The lowest BCUT2D eigenvalue weighted by atomic mass is 10.1. The monoisotopic (exact) mass is 274 g/mol. The number of carbonyl (C=O) groups is 2. The van der Waals surface area contributed by atoms with Crippen molar-refractivity contribution < 1.29 is 19.1 Å². The van der Waals surface area contributed by atoms with Gasteiger partial charge in [-0.1, -0.05) is 6.07 Å². The Morgan fingerprint density at radius 3 is 2.70 bits per heavy atom. The fraction of sp³-hybridized carbons (Fsp3) is 0.0714. The van der Waals surface area contributed by atoms with E-state index < -0.39 is 23.3 Å². The number of halogens is 1. The van der Waals surface area contributed by atoms with Gasteiger partial charge in [0.2, 0.25) is 0 Å². The Labute approximate surface area is 114 Å². The van der Waals surface area contributed by atoms with Gasteiger partial charge in [-0.15, -0.1) is 0 Å². The van der Waals surface area contributed by atoms with Gasteiger partial charge in [-0.05, 0) is 36.8 Å². The van der Waals surface area contributed by atoms with Crippen LogP contribution in [0.5, 0.6) is 0 Å². The number of nitrogens with one attached hydrogen (secondary N) is 1. The van der Waals surface area contributed by atoms with Crippen molar-refractivity contribution in [1.82, 2.24) is 4.98 Å². The van der Waals surface area contributed by atoms with Gasteiger partial charge in [0.1, 0.15) is 11.5 Å². The number of aryl methyl sites for hydroxylation is 1. The Hall–Kier alpha value is -2.76. The van der Waals surface area contributed by atoms with Crippen LogP contribution in [0.1, 0.15) is 26.4 Å². The molecule has 0 aliphatic heterocycles. The van der Waals surface area contributed by atoms with Crippen molar-refractivity contribution in [3.63, 3.8) is 0 Å². The first-order valence-electron chi connectivity index (χ1n) is 5.75. The fourth-order valence-electron chi connectivity index (χ4n) is 1.68. The minimum absolute atomic E-state index is 0.193. The number of carboxylic acid groups (broad SMARTS) is 1. The van der Waals surface area contributed by atoms with Gasteiger partial charge in [0.15, 0.2) is 0 Å². The summed E-state index contributed by atoms with van der Waals surface area (Å²) in [6, 6.07) is 6.78. The number of anilines is 1. The molecule has 1 aromatic carbocycles. The predicted molar refractivity (Wildman–Crippen MR) is 70.3 cm³/mol. The van der Waals surface area contributed by atoms with E-state index in [1.165, 1.54) is 12.3 Å². The molecule has 1 aromatic heterocycles. The molecule has 20 heavy (non-hydrogen) atoms. The van der Waals surface area contributed by atoms with Crippen molar-refractivity contribution in [2.45, 2.75) is 6.92 Å². The maximum atomic E-state index is 13.2. The standard InChI is InChI=1S/C14H11FN2O3/c1-8-3-2-6-16-12(8)13(18)17-9-4-5-11(15)10(7-9)14(19)20/h2-7H,1H3,(H,17,18)(H,19,20). The van der Waals surface area contributed by atoms with Crippen LogP contribution >= 0.6 is 0 Å². The van der Waals surface area contributed by atoms with Gasteiger partial charge in [-0.3, -0.25) is 9.78 Å². The molecule has 0 atom stereocenters. The Bertz CT molecular complexity index is 686. The first-order chi connectivity index (χ1) is 9.49. The lowest BCUT2D eigenvalue weighted by Crippen LogP contribution is -2.15. The van der Waals surface area contributed by atoms with E-state index in [4.69, 9.17) is 5.11 Å². The summed E-state index contributed by atoms with van der Waals surface area (Å²) in [5.41, 5.74) is 0.610. The highest BCUT2D eigenvalue weighted by Gasteiger charge is 2.14. The van der Waals surface area contributed by atoms with E-state index in [0.717, 1.165) is 12.1 Å². The Morgan fingerprint density at radius 1 is 1.30 bits per heavy atom. The molecular weight excluding hydrogens is 263 g/mol. The second-order valence-corrected chi connectivity index (χ2v) is 4.12. The molecule has 1 amide bonds. The molecule has 102 valence electrons. The van der Waals surface area contributed by atoms with E-state index in [9.17, 15) is 14.0 Å². The summed E-state index contributed by atoms with van der Waals surface area (Å²) in [6.07, 6.45) is 1.48. The summed E-state index contributed by atoms with van der Waals surface area (Å²) in [4.78, 5) is 26.8. The van der Waals surface area contributed by atoms with Crippen molar-refractivity contribution in [2.75, 3.05) is 5.32 Å². The van der Waals surface area contributed by atoms with Crippen LogP contribution in [0.4, 0.5) is 10.1 Å². The van der Waals surface area contributed by atoms with Gasteiger partial charge in [0, 0.05) is 11.9 Å². The Balaban J connectivity index is 2.27. The Kier molecular flexibility index (Phi) is 3.74. The van der Waals surface area contributed by atoms with Crippen molar-refractivity contribution in [3.05, 3.63) is 59.2 Å². The molecule has 0 aliphatic carbocycles. The third-order valence-electron chi connectivity index (χ3n) is 2.68. The van der Waals surface area contributed by atoms with E-state index in [0.29, 0.717) is 5.56 Å². The van der Waals surface area contributed by atoms with Crippen LogP contribution in [-0.2, 0) is 0 Å². The van der Waals surface area contributed by atoms with Crippen molar-refractivity contribution >= 4 is 17.6 Å². The SMILES string of the molecule is Cc1cccnc1C(=O)Nc1ccc(F)c(C(=O)O)c1. The molecule has 6 heteroatoms. The molecule has 2 aromatic rings. The summed E-state index contributed by atoms with van der Waals surface area (Å²) in [6.45, 7) is 1.73. The minimum atomic E-state index is -1.40. The average molecular weight is 274 g/mol. The fourth-order valence-corrected chi connectivity index (χ4v) is 1.68. The molecule has 5 nitrogen and oxygen atoms in total. The van der Waals surface area contributed by atoms with Crippen LogP contribution in [0.2, 0.25) is 0 Å². The zero-order chi connectivity index (χ0) is 14.7. The van der Waals surface area contributed by atoms with E-state index in [1.54, 1.807) is 19.1 Å². The molecule has 0 aliphatic rings. The first-order valence-corrected chi connectivity index (χ1v) is 5.75. The Morgan fingerprint density at radius 2 is 2.05 bits per heavy atom. The summed E-state index contributed by atoms with van der Waals surface area (Å²) >= 11 is 0. The summed E-state index contributed by atoms with van der Waals surface area (Å²) < 4.78 is 13.2. The second kappa shape index (κ2) is 5.48. The third-order valence-corrected chi connectivity index (χ3v) is 2.68. The number of benzene rings is 1. The highest BCUT2D eigenvalue weighted by molar-refractivity contribution is 6.04. The molecule has 0 saturated carbocycles. The third kappa shape index (κ3) is 2.80. The van der Waals surface area contributed by atoms with Gasteiger partial charge in [-0.2, -0.15) is 0 Å². The number of aromatic nitrogens is 1. The van der Waals surface area contributed by atoms with Gasteiger partial charge in [0.05, 0.1) is 5.56 Å². The highest BCUT2D eigenvalue weighted by atomic mass is 19.1. The molecule has 0 bridgehead atoms. The molecular formula is C14H11FN2O3. The van der Waals surface area contributed by atoms with E-state index in [2.05, 4.69) is 10.3 Å². The van der Waals surface area contributed by atoms with Gasteiger partial charge >= 0.3 is 5.97 Å². The summed E-state index contributed by atoms with van der Waals surface area (Å²) in [7, 11) is 0. The number of pyridine rings is 1. The van der Waals surface area contributed by atoms with Gasteiger partial charge in [-0.25, -0.2) is 9.18 Å². The number of hydrogen-bond donors (Lipinski definition) is 2. The first kappa shape index (κ1) is 13.7. The zero-order valence-corrected chi connectivity index (χ0v) is 10.6. The molecule has 2 N–H and O–H groups in total. The average Bonchev–Trinajstić information content (AvgIpc) is 2.41. The minimum Gasteiger partial charge on any atom is -0.478 e. The van der Waals surface area contributed by atoms with Gasteiger partial charge in [0.25, 0.3) is 5.91 Å².